The molecule has 1 aliphatic rings. The fraction of sp³-hybridized carbons (Fsp3) is 0.733. The van der Waals surface area contributed by atoms with Crippen molar-refractivity contribution < 1.29 is 0 Å². The Morgan fingerprint density at radius 1 is 1.32 bits per heavy atom. The van der Waals surface area contributed by atoms with Crippen LogP contribution in [0.15, 0.2) is 0 Å². The van der Waals surface area contributed by atoms with Gasteiger partial charge in [-0.15, -0.1) is 0 Å². The highest BCUT2D eigenvalue weighted by Crippen LogP contribution is 2.30. The van der Waals surface area contributed by atoms with Crippen molar-refractivity contribution in [2.45, 2.75) is 52.9 Å². The average Bonchev–Trinajstić information content (AvgIpc) is 2.78. The first kappa shape index (κ1) is 14.1. The molecule has 2 unspecified atom stereocenters. The first-order chi connectivity index (χ1) is 9.10. The third-order valence-electron chi connectivity index (χ3n) is 4.06. The first-order valence-corrected chi connectivity index (χ1v) is 7.47. The lowest BCUT2D eigenvalue weighted by Crippen LogP contribution is -2.15. The number of hydrogen-bond acceptors (Lipinski definition) is 4. The minimum Gasteiger partial charge on any atom is -0.383 e. The summed E-state index contributed by atoms with van der Waals surface area (Å²) in [6.45, 7) is 7.47. The molecule has 0 bridgehead atoms. The molecule has 0 aliphatic heterocycles. The van der Waals surface area contributed by atoms with Gasteiger partial charge in [0, 0.05) is 18.5 Å². The van der Waals surface area contributed by atoms with E-state index in [4.69, 9.17) is 5.73 Å². The van der Waals surface area contributed by atoms with Crippen LogP contribution in [0.1, 0.15) is 50.9 Å². The first-order valence-electron chi connectivity index (χ1n) is 7.47. The van der Waals surface area contributed by atoms with E-state index < -0.39 is 0 Å². The highest BCUT2D eigenvalue weighted by Gasteiger charge is 2.21. The maximum Gasteiger partial charge on any atom is 0.134 e. The number of nitrogens with one attached hydrogen (secondary N) is 1. The predicted octanol–water partition coefficient (Wildman–Crippen LogP) is 3.17. The van der Waals surface area contributed by atoms with Crippen LogP contribution in [0.4, 0.5) is 11.6 Å². The van der Waals surface area contributed by atoms with Crippen molar-refractivity contribution in [1.82, 2.24) is 9.97 Å². The SMILES string of the molecule is CCCc1nc(N)c(C)c(NCC2CCC(C)C2)n1. The van der Waals surface area contributed by atoms with Gasteiger partial charge in [0.15, 0.2) is 0 Å². The average molecular weight is 262 g/mol. The molecule has 1 aliphatic carbocycles. The summed E-state index contributed by atoms with van der Waals surface area (Å²) in [6, 6.07) is 0. The molecule has 4 nitrogen and oxygen atoms in total. The zero-order chi connectivity index (χ0) is 13.8. The molecule has 3 N–H and O–H groups in total. The van der Waals surface area contributed by atoms with Crippen LogP contribution in [0.2, 0.25) is 0 Å². The Morgan fingerprint density at radius 2 is 2.11 bits per heavy atom. The maximum absolute atomic E-state index is 5.97. The summed E-state index contributed by atoms with van der Waals surface area (Å²) in [5, 5.41) is 3.48. The lowest BCUT2D eigenvalue weighted by Gasteiger charge is -2.15. The molecule has 1 heterocycles. The Hall–Kier alpha value is -1.32. The highest BCUT2D eigenvalue weighted by molar-refractivity contribution is 5.54. The van der Waals surface area contributed by atoms with Gasteiger partial charge >= 0.3 is 0 Å². The third-order valence-corrected chi connectivity index (χ3v) is 4.06. The van der Waals surface area contributed by atoms with E-state index in [-0.39, 0.29) is 0 Å². The van der Waals surface area contributed by atoms with Crippen molar-refractivity contribution in [3.05, 3.63) is 11.4 Å². The monoisotopic (exact) mass is 262 g/mol. The minimum atomic E-state index is 0.612. The molecule has 2 rings (SSSR count). The van der Waals surface area contributed by atoms with Crippen molar-refractivity contribution >= 4 is 11.6 Å². The van der Waals surface area contributed by atoms with E-state index in [0.717, 1.165) is 48.4 Å². The predicted molar refractivity (Wildman–Crippen MR) is 80.2 cm³/mol. The van der Waals surface area contributed by atoms with Crippen LogP contribution in [0.5, 0.6) is 0 Å². The van der Waals surface area contributed by atoms with E-state index >= 15 is 0 Å². The molecule has 0 aromatic carbocycles. The summed E-state index contributed by atoms with van der Waals surface area (Å²) in [5.74, 6) is 4.04. The second-order valence-corrected chi connectivity index (χ2v) is 5.91. The van der Waals surface area contributed by atoms with Crippen molar-refractivity contribution in [3.8, 4) is 0 Å². The number of nitrogens with two attached hydrogens (primary N) is 1. The molecule has 0 amide bonds. The molecule has 1 fully saturated rings. The molecule has 0 radical (unpaired) electrons. The number of nitrogen functional groups attached to an aromatic ring is 1. The molecule has 2 atom stereocenters. The lowest BCUT2D eigenvalue weighted by atomic mass is 10.1. The molecule has 4 heteroatoms. The molecule has 106 valence electrons. The van der Waals surface area contributed by atoms with Crippen LogP contribution in [-0.2, 0) is 6.42 Å². The summed E-state index contributed by atoms with van der Waals surface area (Å²) >= 11 is 0. The van der Waals surface area contributed by atoms with Gasteiger partial charge in [0.05, 0.1) is 0 Å². The van der Waals surface area contributed by atoms with Gasteiger partial charge in [-0.3, -0.25) is 0 Å². The van der Waals surface area contributed by atoms with Crippen molar-refractivity contribution in [1.29, 1.82) is 0 Å². The van der Waals surface area contributed by atoms with Crippen LogP contribution >= 0.6 is 0 Å². The Bertz CT molecular complexity index is 430. The van der Waals surface area contributed by atoms with Crippen LogP contribution < -0.4 is 11.1 Å². The summed E-state index contributed by atoms with van der Waals surface area (Å²) in [6.07, 6.45) is 5.95. The lowest BCUT2D eigenvalue weighted by molar-refractivity contribution is 0.536. The van der Waals surface area contributed by atoms with Crippen molar-refractivity contribution in [2.75, 3.05) is 17.6 Å². The summed E-state index contributed by atoms with van der Waals surface area (Å²) in [5.41, 5.74) is 6.94. The Morgan fingerprint density at radius 3 is 2.74 bits per heavy atom. The summed E-state index contributed by atoms with van der Waals surface area (Å²) < 4.78 is 0. The Labute approximate surface area is 116 Å². The maximum atomic E-state index is 5.97. The van der Waals surface area contributed by atoms with Crippen molar-refractivity contribution in [2.24, 2.45) is 11.8 Å². The van der Waals surface area contributed by atoms with E-state index in [0.29, 0.717) is 5.82 Å². The number of rotatable bonds is 5. The number of anilines is 2. The van der Waals surface area contributed by atoms with Crippen LogP contribution in [0.25, 0.3) is 0 Å². The molecule has 0 spiro atoms. The normalized spacial score (nSPS) is 22.7. The smallest absolute Gasteiger partial charge is 0.134 e. The van der Waals surface area contributed by atoms with Gasteiger partial charge in [-0.05, 0) is 38.0 Å². The van der Waals surface area contributed by atoms with Crippen LogP contribution in [0, 0.1) is 18.8 Å². The van der Waals surface area contributed by atoms with E-state index in [1.54, 1.807) is 0 Å². The molecule has 1 saturated carbocycles. The number of hydrogen-bond donors (Lipinski definition) is 2. The summed E-state index contributed by atoms with van der Waals surface area (Å²) in [7, 11) is 0. The summed E-state index contributed by atoms with van der Waals surface area (Å²) in [4.78, 5) is 8.94. The zero-order valence-corrected chi connectivity index (χ0v) is 12.4. The van der Waals surface area contributed by atoms with Gasteiger partial charge in [0.2, 0.25) is 0 Å². The van der Waals surface area contributed by atoms with Crippen molar-refractivity contribution in [3.63, 3.8) is 0 Å². The Kier molecular flexibility index (Phi) is 4.61. The van der Waals surface area contributed by atoms with Gasteiger partial charge in [0.1, 0.15) is 17.5 Å². The number of nitrogens with zero attached hydrogens (tertiary/aromatic N) is 2. The van der Waals surface area contributed by atoms with E-state index in [2.05, 4.69) is 29.1 Å². The molecule has 0 saturated heterocycles. The van der Waals surface area contributed by atoms with Crippen LogP contribution in [-0.4, -0.2) is 16.5 Å². The highest BCUT2D eigenvalue weighted by atomic mass is 15.1. The van der Waals surface area contributed by atoms with E-state index in [9.17, 15) is 0 Å². The van der Waals surface area contributed by atoms with Gasteiger partial charge in [0.25, 0.3) is 0 Å². The number of aromatic nitrogens is 2. The third kappa shape index (κ3) is 3.58. The van der Waals surface area contributed by atoms with Gasteiger partial charge < -0.3 is 11.1 Å². The zero-order valence-electron chi connectivity index (χ0n) is 12.4. The number of aryl methyl sites for hydroxylation is 1. The molecule has 19 heavy (non-hydrogen) atoms. The topological polar surface area (TPSA) is 63.8 Å². The fourth-order valence-electron chi connectivity index (χ4n) is 2.84. The minimum absolute atomic E-state index is 0.612. The van der Waals surface area contributed by atoms with Gasteiger partial charge in [-0.1, -0.05) is 20.3 Å². The van der Waals surface area contributed by atoms with Gasteiger partial charge in [-0.25, -0.2) is 9.97 Å². The van der Waals surface area contributed by atoms with Gasteiger partial charge in [-0.2, -0.15) is 0 Å². The second kappa shape index (κ2) is 6.22. The largest absolute Gasteiger partial charge is 0.383 e. The standard InChI is InChI=1S/C15H26N4/c1-4-5-13-18-14(16)11(3)15(19-13)17-9-12-7-6-10(2)8-12/h10,12H,4-9H2,1-3H3,(H3,16,17,18,19). The molecule has 1 aromatic rings. The fourth-order valence-corrected chi connectivity index (χ4v) is 2.84. The quantitative estimate of drug-likeness (QED) is 0.855. The van der Waals surface area contributed by atoms with E-state index in [1.807, 2.05) is 6.92 Å². The molecule has 1 aromatic heterocycles. The second-order valence-electron chi connectivity index (χ2n) is 5.91. The van der Waals surface area contributed by atoms with Crippen LogP contribution in [0.3, 0.4) is 0 Å². The Balaban J connectivity index is 2.02. The van der Waals surface area contributed by atoms with E-state index in [1.165, 1.54) is 19.3 Å². The molecular formula is C15H26N4. The molecular weight excluding hydrogens is 236 g/mol.